The zero-order valence-electron chi connectivity index (χ0n) is 11.3. The van der Waals surface area contributed by atoms with E-state index in [9.17, 15) is 4.79 Å². The van der Waals surface area contributed by atoms with Gasteiger partial charge in [-0.25, -0.2) is 0 Å². The molecule has 1 saturated carbocycles. The minimum absolute atomic E-state index is 0.00693. The van der Waals surface area contributed by atoms with Crippen molar-refractivity contribution < 1.29 is 4.79 Å². The van der Waals surface area contributed by atoms with Crippen LogP contribution >= 0.6 is 11.3 Å². The van der Waals surface area contributed by atoms with Gasteiger partial charge >= 0.3 is 0 Å². The summed E-state index contributed by atoms with van der Waals surface area (Å²) in [6.45, 7) is 6.26. The van der Waals surface area contributed by atoms with Crippen LogP contribution in [0.5, 0.6) is 0 Å². The minimum atomic E-state index is 0.00693. The third-order valence-corrected chi connectivity index (χ3v) is 4.79. The number of nitrogens with one attached hydrogen (secondary N) is 1. The number of thiophene rings is 1. The Labute approximate surface area is 113 Å². The van der Waals surface area contributed by atoms with Gasteiger partial charge in [0.05, 0.1) is 12.0 Å². The molecular formula is C14H22N2OS. The van der Waals surface area contributed by atoms with Crippen molar-refractivity contribution in [2.24, 2.45) is 11.7 Å². The molecule has 0 radical (unpaired) electrons. The summed E-state index contributed by atoms with van der Waals surface area (Å²) in [4.78, 5) is 14.8. The minimum Gasteiger partial charge on any atom is -0.349 e. The molecule has 1 heterocycles. The number of hydrogen-bond acceptors (Lipinski definition) is 3. The Hall–Kier alpha value is -0.870. The highest BCUT2D eigenvalue weighted by Crippen LogP contribution is 2.28. The Bertz CT molecular complexity index is 441. The summed E-state index contributed by atoms with van der Waals surface area (Å²) in [7, 11) is 0. The summed E-state index contributed by atoms with van der Waals surface area (Å²) in [5.41, 5.74) is 7.20. The molecule has 0 bridgehead atoms. The second kappa shape index (κ2) is 5.41. The average Bonchev–Trinajstić information content (AvgIpc) is 2.84. The van der Waals surface area contributed by atoms with Crippen LogP contribution < -0.4 is 11.1 Å². The van der Waals surface area contributed by atoms with Gasteiger partial charge in [-0.2, -0.15) is 0 Å². The summed E-state index contributed by atoms with van der Waals surface area (Å²) >= 11 is 1.78. The number of rotatable bonds is 3. The molecule has 0 aliphatic heterocycles. The molecule has 1 aromatic heterocycles. The van der Waals surface area contributed by atoms with E-state index >= 15 is 0 Å². The summed E-state index contributed by atoms with van der Waals surface area (Å²) in [6.07, 6.45) is 2.98. The van der Waals surface area contributed by atoms with Gasteiger partial charge in [-0.15, -0.1) is 11.3 Å². The van der Waals surface area contributed by atoms with Crippen LogP contribution in [-0.4, -0.2) is 11.9 Å². The van der Waals surface area contributed by atoms with Crippen LogP contribution in [0.3, 0.4) is 0 Å². The lowest BCUT2D eigenvalue weighted by Crippen LogP contribution is -2.39. The average molecular weight is 266 g/mol. The smallest absolute Gasteiger partial charge is 0.225 e. The highest BCUT2D eigenvalue weighted by Gasteiger charge is 2.31. The third kappa shape index (κ3) is 2.75. The number of hydrogen-bond donors (Lipinski definition) is 2. The maximum atomic E-state index is 12.2. The predicted molar refractivity (Wildman–Crippen MR) is 75.7 cm³/mol. The molecule has 18 heavy (non-hydrogen) atoms. The molecule has 3 atom stereocenters. The van der Waals surface area contributed by atoms with E-state index in [4.69, 9.17) is 5.73 Å². The fraction of sp³-hybridized carbons (Fsp3) is 0.643. The third-order valence-electron chi connectivity index (χ3n) is 3.81. The predicted octanol–water partition coefficient (Wildman–Crippen LogP) is 2.67. The fourth-order valence-corrected chi connectivity index (χ4v) is 3.82. The Kier molecular flexibility index (Phi) is 4.07. The van der Waals surface area contributed by atoms with E-state index in [-0.39, 0.29) is 23.9 Å². The quantitative estimate of drug-likeness (QED) is 0.883. The summed E-state index contributed by atoms with van der Waals surface area (Å²) < 4.78 is 0. The van der Waals surface area contributed by atoms with E-state index in [0.717, 1.165) is 19.3 Å². The van der Waals surface area contributed by atoms with Crippen molar-refractivity contribution in [3.8, 4) is 0 Å². The van der Waals surface area contributed by atoms with Crippen molar-refractivity contribution in [1.82, 2.24) is 5.32 Å². The second-order valence-corrected chi connectivity index (χ2v) is 6.76. The SMILES string of the molecule is Cc1cc(C(C)NC(=O)C2CCCC2N)c(C)s1. The van der Waals surface area contributed by atoms with Crippen molar-refractivity contribution in [3.63, 3.8) is 0 Å². The Balaban J connectivity index is 2.01. The first kappa shape index (κ1) is 13.6. The number of carbonyl (C=O) groups is 1. The van der Waals surface area contributed by atoms with E-state index < -0.39 is 0 Å². The summed E-state index contributed by atoms with van der Waals surface area (Å²) in [5.74, 6) is 0.128. The molecule has 2 rings (SSSR count). The summed E-state index contributed by atoms with van der Waals surface area (Å²) in [5, 5.41) is 3.11. The molecule has 0 saturated heterocycles. The van der Waals surface area contributed by atoms with Gasteiger partial charge in [0, 0.05) is 15.8 Å². The van der Waals surface area contributed by atoms with Crippen LogP contribution in [0.4, 0.5) is 0 Å². The van der Waals surface area contributed by atoms with Crippen LogP contribution in [0.2, 0.25) is 0 Å². The first-order chi connectivity index (χ1) is 8.49. The van der Waals surface area contributed by atoms with Crippen molar-refractivity contribution in [2.45, 2.75) is 52.1 Å². The van der Waals surface area contributed by atoms with Crippen LogP contribution in [0, 0.1) is 19.8 Å². The Morgan fingerprint density at radius 3 is 2.72 bits per heavy atom. The zero-order chi connectivity index (χ0) is 13.3. The van der Waals surface area contributed by atoms with Crippen molar-refractivity contribution in [2.75, 3.05) is 0 Å². The largest absolute Gasteiger partial charge is 0.349 e. The number of carbonyl (C=O) groups excluding carboxylic acids is 1. The lowest BCUT2D eigenvalue weighted by molar-refractivity contribution is -0.125. The highest BCUT2D eigenvalue weighted by molar-refractivity contribution is 7.12. The number of amides is 1. The first-order valence-corrected chi connectivity index (χ1v) is 7.43. The van der Waals surface area contributed by atoms with Crippen molar-refractivity contribution in [1.29, 1.82) is 0 Å². The van der Waals surface area contributed by atoms with Gasteiger partial charge in [-0.05, 0) is 45.2 Å². The standard InChI is InChI=1S/C14H22N2OS/c1-8-7-12(10(3)18-8)9(2)16-14(17)11-5-4-6-13(11)15/h7,9,11,13H,4-6,15H2,1-3H3,(H,16,17). The molecular weight excluding hydrogens is 244 g/mol. The van der Waals surface area contributed by atoms with Gasteiger partial charge < -0.3 is 11.1 Å². The van der Waals surface area contributed by atoms with Gasteiger partial charge in [0.15, 0.2) is 0 Å². The van der Waals surface area contributed by atoms with Crippen LogP contribution in [0.15, 0.2) is 6.07 Å². The van der Waals surface area contributed by atoms with E-state index in [0.29, 0.717) is 0 Å². The van der Waals surface area contributed by atoms with Crippen molar-refractivity contribution >= 4 is 17.2 Å². The molecule has 0 spiro atoms. The van der Waals surface area contributed by atoms with E-state index in [1.54, 1.807) is 11.3 Å². The molecule has 1 aromatic rings. The van der Waals surface area contributed by atoms with Crippen LogP contribution in [0.25, 0.3) is 0 Å². The molecule has 3 N–H and O–H groups in total. The lowest BCUT2D eigenvalue weighted by atomic mass is 10.0. The van der Waals surface area contributed by atoms with Gasteiger partial charge in [0.2, 0.25) is 5.91 Å². The topological polar surface area (TPSA) is 55.1 Å². The molecule has 3 nitrogen and oxygen atoms in total. The highest BCUT2D eigenvalue weighted by atomic mass is 32.1. The van der Waals surface area contributed by atoms with Crippen LogP contribution in [-0.2, 0) is 4.79 Å². The van der Waals surface area contributed by atoms with Crippen molar-refractivity contribution in [3.05, 3.63) is 21.4 Å². The van der Waals surface area contributed by atoms with Crippen LogP contribution in [0.1, 0.15) is 47.5 Å². The molecule has 1 aliphatic carbocycles. The maximum absolute atomic E-state index is 12.2. The van der Waals surface area contributed by atoms with Gasteiger partial charge in [0.1, 0.15) is 0 Å². The second-order valence-electron chi connectivity index (χ2n) is 5.30. The Morgan fingerprint density at radius 1 is 1.50 bits per heavy atom. The van der Waals surface area contributed by atoms with E-state index in [2.05, 4.69) is 25.2 Å². The van der Waals surface area contributed by atoms with E-state index in [1.807, 2.05) is 6.92 Å². The molecule has 1 aliphatic rings. The normalized spacial score (nSPS) is 25.1. The summed E-state index contributed by atoms with van der Waals surface area (Å²) in [6, 6.07) is 2.29. The molecule has 3 unspecified atom stereocenters. The monoisotopic (exact) mass is 266 g/mol. The lowest BCUT2D eigenvalue weighted by Gasteiger charge is -2.19. The number of nitrogens with two attached hydrogens (primary N) is 1. The zero-order valence-corrected chi connectivity index (χ0v) is 12.1. The Morgan fingerprint density at radius 2 is 2.22 bits per heavy atom. The van der Waals surface area contributed by atoms with E-state index in [1.165, 1.54) is 15.3 Å². The first-order valence-electron chi connectivity index (χ1n) is 6.62. The van der Waals surface area contributed by atoms with Gasteiger partial charge in [-0.1, -0.05) is 6.42 Å². The molecule has 1 amide bonds. The maximum Gasteiger partial charge on any atom is 0.225 e. The van der Waals surface area contributed by atoms with Gasteiger partial charge in [0.25, 0.3) is 0 Å². The fourth-order valence-electron chi connectivity index (χ4n) is 2.79. The number of aryl methyl sites for hydroxylation is 2. The molecule has 100 valence electrons. The van der Waals surface area contributed by atoms with Gasteiger partial charge in [-0.3, -0.25) is 4.79 Å². The molecule has 4 heteroatoms. The molecule has 1 fully saturated rings. The molecule has 0 aromatic carbocycles.